The molecule has 1 heterocycles. The number of likely N-dealkylation sites (tertiary alicyclic amines) is 1. The van der Waals surface area contributed by atoms with Crippen molar-refractivity contribution in [3.05, 3.63) is 4.13 Å². The van der Waals surface area contributed by atoms with Crippen LogP contribution in [0.15, 0.2) is 0 Å². The molecule has 2 unspecified atom stereocenters. The van der Waals surface area contributed by atoms with E-state index in [1.165, 1.54) is 64.5 Å². The van der Waals surface area contributed by atoms with Gasteiger partial charge in [-0.2, -0.15) is 26.3 Å². The molecular formula is C15H28F6N2O4S2. The summed E-state index contributed by atoms with van der Waals surface area (Å²) in [4.78, 5) is 1.75. The number of sulfonamides is 2. The fraction of sp³-hybridized carbons (Fsp3) is 1.00. The largest absolute Gasteiger partial charge is 0.480 e. The number of halogens is 6. The summed E-state index contributed by atoms with van der Waals surface area (Å²) in [6, 6.07) is 0. The average Bonchev–Trinajstić information content (AvgIpc) is 2.93. The van der Waals surface area contributed by atoms with E-state index < -0.39 is 31.1 Å². The van der Waals surface area contributed by atoms with Gasteiger partial charge in [0.25, 0.3) is 0 Å². The molecule has 0 spiro atoms. The Kier molecular flexibility index (Phi) is 11.5. The molecule has 1 fully saturated rings. The predicted molar refractivity (Wildman–Crippen MR) is 96.0 cm³/mol. The fourth-order valence-corrected chi connectivity index (χ4v) is 4.53. The summed E-state index contributed by atoms with van der Waals surface area (Å²) in [5.74, 6) is 1.06. The Morgan fingerprint density at radius 1 is 0.862 bits per heavy atom. The monoisotopic (exact) mass is 478 g/mol. The molecule has 29 heavy (non-hydrogen) atoms. The van der Waals surface area contributed by atoms with E-state index in [1.54, 1.807) is 4.90 Å². The van der Waals surface area contributed by atoms with Gasteiger partial charge in [-0.25, -0.2) is 16.8 Å². The van der Waals surface area contributed by atoms with Crippen molar-refractivity contribution < 1.29 is 48.1 Å². The van der Waals surface area contributed by atoms with Gasteiger partial charge in [-0.3, -0.25) is 0 Å². The highest BCUT2D eigenvalue weighted by molar-refractivity contribution is 8.13. The number of quaternary nitrogens is 1. The summed E-state index contributed by atoms with van der Waals surface area (Å²) in [6.45, 7) is 5.15. The first-order chi connectivity index (χ1) is 13.0. The van der Waals surface area contributed by atoms with Crippen LogP contribution in [0.5, 0.6) is 0 Å². The third-order valence-corrected chi connectivity index (χ3v) is 7.10. The molecule has 1 aliphatic rings. The lowest BCUT2D eigenvalue weighted by atomic mass is 10.00. The summed E-state index contributed by atoms with van der Waals surface area (Å²) in [5.41, 5.74) is -12.4. The number of hydrogen-bond donors (Lipinski definition) is 1. The van der Waals surface area contributed by atoms with Crippen molar-refractivity contribution in [3.63, 3.8) is 0 Å². The van der Waals surface area contributed by atoms with E-state index in [1.807, 2.05) is 0 Å². The zero-order valence-electron chi connectivity index (χ0n) is 16.3. The van der Waals surface area contributed by atoms with E-state index in [2.05, 4.69) is 14.0 Å². The van der Waals surface area contributed by atoms with Crippen molar-refractivity contribution >= 4 is 20.0 Å². The van der Waals surface area contributed by atoms with Gasteiger partial charge in [0.15, 0.2) is 20.0 Å². The Labute approximate surface area is 168 Å². The standard InChI is InChI=1S/C13H27N.C2F6NO4S2/c1-3-4-5-6-7-8-9-13-10-11-14(2)12-13;3-1(4,5)14(10,11)9-15(12,13)2(6,7)8/h13H,3-12H2,1-2H3;/q;-1/p+1. The lowest BCUT2D eigenvalue weighted by molar-refractivity contribution is -0.867. The Morgan fingerprint density at radius 2 is 1.31 bits per heavy atom. The molecule has 0 saturated carbocycles. The third kappa shape index (κ3) is 10.8. The minimum Gasteiger partial charge on any atom is -0.421 e. The third-order valence-electron chi connectivity index (χ3n) is 4.36. The molecular weight excluding hydrogens is 450 g/mol. The molecule has 1 rings (SSSR count). The lowest BCUT2D eigenvalue weighted by Crippen LogP contribution is -3.07. The van der Waals surface area contributed by atoms with Gasteiger partial charge >= 0.3 is 11.0 Å². The van der Waals surface area contributed by atoms with E-state index in [0.29, 0.717) is 0 Å². The highest BCUT2D eigenvalue weighted by atomic mass is 32.3. The molecule has 0 aliphatic carbocycles. The molecule has 6 nitrogen and oxygen atoms in total. The van der Waals surface area contributed by atoms with E-state index in [9.17, 15) is 43.2 Å². The van der Waals surface area contributed by atoms with Crippen LogP contribution in [0.25, 0.3) is 4.13 Å². The second-order valence-electron chi connectivity index (χ2n) is 7.04. The normalized spacial score (nSPS) is 21.0. The highest BCUT2D eigenvalue weighted by Gasteiger charge is 2.46. The maximum Gasteiger partial charge on any atom is 0.480 e. The Balaban J connectivity index is 0.000000541. The minimum absolute atomic E-state index is 0.778. The molecule has 176 valence electrons. The van der Waals surface area contributed by atoms with Crippen molar-refractivity contribution in [1.29, 1.82) is 0 Å². The molecule has 0 bridgehead atoms. The fourth-order valence-electron chi connectivity index (χ4n) is 2.82. The SMILES string of the molecule is CCCCCCCCC1CC[NH+](C)C1.O=S(=O)([N-]S(=O)(=O)C(F)(F)F)C(F)(F)F. The number of alkyl halides is 6. The van der Waals surface area contributed by atoms with Crippen molar-refractivity contribution in [2.75, 3.05) is 20.1 Å². The minimum atomic E-state index is -6.72. The van der Waals surface area contributed by atoms with E-state index in [-0.39, 0.29) is 0 Å². The van der Waals surface area contributed by atoms with Crippen LogP contribution in [-0.4, -0.2) is 48.0 Å². The van der Waals surface area contributed by atoms with Gasteiger partial charge in [0.05, 0.1) is 20.1 Å². The van der Waals surface area contributed by atoms with Gasteiger partial charge in [-0.15, -0.1) is 0 Å². The summed E-state index contributed by atoms with van der Waals surface area (Å²) in [5, 5.41) is 0. The molecule has 0 aromatic carbocycles. The summed E-state index contributed by atoms with van der Waals surface area (Å²) in [7, 11) is -11.1. The Morgan fingerprint density at radius 3 is 1.69 bits per heavy atom. The van der Waals surface area contributed by atoms with E-state index in [4.69, 9.17) is 0 Å². The molecule has 0 amide bonds. The number of rotatable bonds is 9. The number of unbranched alkanes of at least 4 members (excludes halogenated alkanes) is 5. The van der Waals surface area contributed by atoms with Crippen LogP contribution in [0, 0.1) is 5.92 Å². The molecule has 1 saturated heterocycles. The first-order valence-corrected chi connectivity index (χ1v) is 12.1. The van der Waals surface area contributed by atoms with Gasteiger partial charge in [0.1, 0.15) is 0 Å². The zero-order valence-corrected chi connectivity index (χ0v) is 17.9. The smallest absolute Gasteiger partial charge is 0.421 e. The van der Waals surface area contributed by atoms with Crippen molar-refractivity contribution in [3.8, 4) is 0 Å². The molecule has 0 radical (unpaired) electrons. The van der Waals surface area contributed by atoms with Crippen LogP contribution < -0.4 is 4.90 Å². The Hall–Kier alpha value is -0.600. The first kappa shape index (κ1) is 28.4. The zero-order chi connectivity index (χ0) is 22.9. The quantitative estimate of drug-likeness (QED) is 0.407. The maximum atomic E-state index is 11.4. The van der Waals surface area contributed by atoms with E-state index >= 15 is 0 Å². The molecule has 1 aliphatic heterocycles. The number of nitrogens with one attached hydrogen (secondary N) is 1. The predicted octanol–water partition coefficient (Wildman–Crippen LogP) is 3.33. The van der Waals surface area contributed by atoms with Gasteiger partial charge in [0, 0.05) is 12.3 Å². The van der Waals surface area contributed by atoms with Crippen LogP contribution in [0.1, 0.15) is 58.3 Å². The molecule has 1 N–H and O–H groups in total. The van der Waals surface area contributed by atoms with E-state index in [0.717, 1.165) is 10.0 Å². The lowest BCUT2D eigenvalue weighted by Gasteiger charge is -2.22. The van der Waals surface area contributed by atoms with Crippen LogP contribution >= 0.6 is 0 Å². The summed E-state index contributed by atoms with van der Waals surface area (Å²) in [6.07, 6.45) is 11.7. The van der Waals surface area contributed by atoms with Crippen LogP contribution in [0.4, 0.5) is 26.3 Å². The second kappa shape index (κ2) is 11.7. The molecule has 0 aromatic heterocycles. The molecule has 0 aromatic rings. The van der Waals surface area contributed by atoms with Gasteiger partial charge in [-0.1, -0.05) is 45.4 Å². The highest BCUT2D eigenvalue weighted by Crippen LogP contribution is 2.36. The van der Waals surface area contributed by atoms with Crippen molar-refractivity contribution in [1.82, 2.24) is 0 Å². The number of nitrogens with zero attached hydrogens (tertiary/aromatic N) is 1. The first-order valence-electron chi connectivity index (χ1n) is 9.21. The average molecular weight is 479 g/mol. The summed E-state index contributed by atoms with van der Waals surface area (Å²) >= 11 is 0. The van der Waals surface area contributed by atoms with Crippen LogP contribution in [0.3, 0.4) is 0 Å². The summed E-state index contributed by atoms with van der Waals surface area (Å²) < 4.78 is 109. The topological polar surface area (TPSA) is 86.8 Å². The molecule has 14 heteroatoms. The van der Waals surface area contributed by atoms with Crippen molar-refractivity contribution in [2.45, 2.75) is 69.3 Å². The van der Waals surface area contributed by atoms with Gasteiger partial charge < -0.3 is 9.03 Å². The van der Waals surface area contributed by atoms with Crippen LogP contribution in [0.2, 0.25) is 0 Å². The van der Waals surface area contributed by atoms with Gasteiger partial charge in [0.2, 0.25) is 0 Å². The van der Waals surface area contributed by atoms with Gasteiger partial charge in [-0.05, 0) is 6.42 Å². The Bertz CT molecular complexity index is 636. The number of hydrogen-bond acceptors (Lipinski definition) is 4. The maximum absolute atomic E-state index is 11.4. The molecule has 2 atom stereocenters. The van der Waals surface area contributed by atoms with Crippen LogP contribution in [-0.2, 0) is 20.0 Å². The second-order valence-corrected chi connectivity index (χ2v) is 10.5. The van der Waals surface area contributed by atoms with Crippen molar-refractivity contribution in [2.24, 2.45) is 5.92 Å².